The second kappa shape index (κ2) is 6.58. The van der Waals surface area contributed by atoms with Gasteiger partial charge in [0.25, 0.3) is 5.91 Å². The number of phenols is 1. The van der Waals surface area contributed by atoms with Crippen molar-refractivity contribution in [2.45, 2.75) is 11.8 Å². The highest BCUT2D eigenvalue weighted by Crippen LogP contribution is 2.52. The number of fused-ring (bicyclic) bond motifs is 1. The highest BCUT2D eigenvalue weighted by Gasteiger charge is 2.52. The minimum absolute atomic E-state index is 0.0287. The van der Waals surface area contributed by atoms with Crippen molar-refractivity contribution in [2.24, 2.45) is 0 Å². The van der Waals surface area contributed by atoms with E-state index in [2.05, 4.69) is 5.32 Å². The Labute approximate surface area is 173 Å². The summed E-state index contributed by atoms with van der Waals surface area (Å²) in [5, 5.41) is 13.3. The van der Waals surface area contributed by atoms with Crippen LogP contribution in [0.5, 0.6) is 5.75 Å². The van der Waals surface area contributed by atoms with Crippen LogP contribution in [0.25, 0.3) is 11.1 Å². The van der Waals surface area contributed by atoms with E-state index in [4.69, 9.17) is 23.2 Å². The maximum atomic E-state index is 13.8. The maximum absolute atomic E-state index is 13.8. The molecular formula is C20H12Cl2FNO3S. The van der Waals surface area contributed by atoms with Crippen LogP contribution < -0.4 is 5.32 Å². The van der Waals surface area contributed by atoms with Crippen molar-refractivity contribution in [3.05, 3.63) is 69.3 Å². The summed E-state index contributed by atoms with van der Waals surface area (Å²) in [4.78, 5) is 24.2. The summed E-state index contributed by atoms with van der Waals surface area (Å²) in [6, 6.07) is 10.8. The Hall–Kier alpha value is -2.41. The molecule has 1 aliphatic heterocycles. The number of benzene rings is 2. The van der Waals surface area contributed by atoms with Gasteiger partial charge in [0.1, 0.15) is 20.9 Å². The predicted octanol–water partition coefficient (Wildman–Crippen LogP) is 5.49. The van der Waals surface area contributed by atoms with Gasteiger partial charge in [-0.25, -0.2) is 4.39 Å². The largest absolute Gasteiger partial charge is 0.507 e. The van der Waals surface area contributed by atoms with Gasteiger partial charge in [-0.3, -0.25) is 9.59 Å². The van der Waals surface area contributed by atoms with Crippen LogP contribution in [0.15, 0.2) is 42.5 Å². The molecule has 0 spiro atoms. The van der Waals surface area contributed by atoms with Crippen molar-refractivity contribution in [3.63, 3.8) is 0 Å². The molecule has 2 aromatic carbocycles. The summed E-state index contributed by atoms with van der Waals surface area (Å²) in [5.41, 5.74) is 0.847. The summed E-state index contributed by atoms with van der Waals surface area (Å²) in [5.74, 6) is -2.25. The number of aromatic hydroxyl groups is 1. The molecule has 0 saturated carbocycles. The summed E-state index contributed by atoms with van der Waals surface area (Å²) in [6.07, 6.45) is 0. The molecule has 1 amide bonds. The molecule has 4 nitrogen and oxygen atoms in total. The molecule has 0 saturated heterocycles. The number of hydrogen-bond donors (Lipinski definition) is 2. The van der Waals surface area contributed by atoms with Crippen molar-refractivity contribution in [3.8, 4) is 16.9 Å². The zero-order chi connectivity index (χ0) is 20.2. The smallest absolute Gasteiger partial charge is 0.258 e. The minimum Gasteiger partial charge on any atom is -0.507 e. The SMILES string of the molecule is Cc1c(F)ccc(-c2c(Cl)sc3c2C(=O)C(Cl)(c2ccccc2)C(=O)N3)c1O. The lowest BCUT2D eigenvalue weighted by Crippen LogP contribution is -2.46. The molecule has 28 heavy (non-hydrogen) atoms. The molecule has 0 aliphatic carbocycles. The Morgan fingerprint density at radius 1 is 1.11 bits per heavy atom. The highest BCUT2D eigenvalue weighted by molar-refractivity contribution is 7.21. The summed E-state index contributed by atoms with van der Waals surface area (Å²) >= 11 is 13.9. The van der Waals surface area contributed by atoms with Crippen LogP contribution in [0.4, 0.5) is 9.39 Å². The van der Waals surface area contributed by atoms with Crippen LogP contribution in [0, 0.1) is 12.7 Å². The highest BCUT2D eigenvalue weighted by atomic mass is 35.5. The average molecular weight is 436 g/mol. The third-order valence-corrected chi connectivity index (χ3v) is 6.63. The van der Waals surface area contributed by atoms with Gasteiger partial charge in [0.2, 0.25) is 10.7 Å². The fraction of sp³-hybridized carbons (Fsp3) is 0.100. The van der Waals surface area contributed by atoms with E-state index in [1.54, 1.807) is 30.3 Å². The van der Waals surface area contributed by atoms with Gasteiger partial charge < -0.3 is 10.4 Å². The van der Waals surface area contributed by atoms with E-state index in [1.807, 2.05) is 0 Å². The molecule has 0 radical (unpaired) electrons. The lowest BCUT2D eigenvalue weighted by molar-refractivity contribution is -0.117. The number of Topliss-reactive ketones (excluding diaryl/α,β-unsaturated/α-hetero) is 1. The normalized spacial score (nSPS) is 18.7. The maximum Gasteiger partial charge on any atom is 0.258 e. The number of carbonyl (C=O) groups excluding carboxylic acids is 2. The van der Waals surface area contributed by atoms with Crippen LogP contribution in [0.2, 0.25) is 4.34 Å². The molecule has 1 aromatic heterocycles. The molecule has 1 aliphatic rings. The Morgan fingerprint density at radius 2 is 1.79 bits per heavy atom. The molecule has 0 bridgehead atoms. The first-order valence-electron chi connectivity index (χ1n) is 8.18. The number of hydrogen-bond acceptors (Lipinski definition) is 4. The van der Waals surface area contributed by atoms with Crippen LogP contribution in [0.1, 0.15) is 21.5 Å². The molecule has 4 rings (SSSR count). The number of phenolic OH excluding ortho intramolecular Hbond substituents is 1. The van der Waals surface area contributed by atoms with Gasteiger partial charge in [0.15, 0.2) is 0 Å². The van der Waals surface area contributed by atoms with Gasteiger partial charge in [0, 0.05) is 16.7 Å². The van der Waals surface area contributed by atoms with Crippen LogP contribution >= 0.6 is 34.5 Å². The van der Waals surface area contributed by atoms with Crippen molar-refractivity contribution in [2.75, 3.05) is 5.32 Å². The lowest BCUT2D eigenvalue weighted by Gasteiger charge is -2.29. The Bertz CT molecular complexity index is 1150. The van der Waals surface area contributed by atoms with E-state index in [-0.39, 0.29) is 37.3 Å². The summed E-state index contributed by atoms with van der Waals surface area (Å²) < 4.78 is 14.0. The molecule has 3 aromatic rings. The van der Waals surface area contributed by atoms with Crippen LogP contribution in [-0.4, -0.2) is 16.8 Å². The molecule has 1 unspecified atom stereocenters. The number of amides is 1. The molecule has 2 heterocycles. The monoisotopic (exact) mass is 435 g/mol. The zero-order valence-electron chi connectivity index (χ0n) is 14.3. The zero-order valence-corrected chi connectivity index (χ0v) is 16.7. The number of nitrogens with one attached hydrogen (secondary N) is 1. The quantitative estimate of drug-likeness (QED) is 0.413. The topological polar surface area (TPSA) is 66.4 Å². The van der Waals surface area contributed by atoms with E-state index in [0.29, 0.717) is 5.56 Å². The van der Waals surface area contributed by atoms with E-state index in [0.717, 1.165) is 11.3 Å². The van der Waals surface area contributed by atoms with Crippen molar-refractivity contribution < 1.29 is 19.1 Å². The van der Waals surface area contributed by atoms with E-state index < -0.39 is 22.4 Å². The van der Waals surface area contributed by atoms with E-state index >= 15 is 0 Å². The molecule has 142 valence electrons. The number of halogens is 3. The molecule has 2 N–H and O–H groups in total. The number of thiophene rings is 1. The predicted molar refractivity (Wildman–Crippen MR) is 108 cm³/mol. The second-order valence-electron chi connectivity index (χ2n) is 6.33. The lowest BCUT2D eigenvalue weighted by atomic mass is 9.84. The van der Waals surface area contributed by atoms with Gasteiger partial charge in [-0.05, 0) is 24.6 Å². The average Bonchev–Trinajstić information content (AvgIpc) is 3.01. The van der Waals surface area contributed by atoms with Crippen molar-refractivity contribution in [1.29, 1.82) is 0 Å². The van der Waals surface area contributed by atoms with Gasteiger partial charge >= 0.3 is 0 Å². The Morgan fingerprint density at radius 3 is 2.46 bits per heavy atom. The fourth-order valence-electron chi connectivity index (χ4n) is 3.22. The molecular weight excluding hydrogens is 424 g/mol. The first kappa shape index (κ1) is 18.9. The summed E-state index contributed by atoms with van der Waals surface area (Å²) in [6.45, 7) is 1.42. The first-order chi connectivity index (χ1) is 13.3. The number of carbonyl (C=O) groups is 2. The second-order valence-corrected chi connectivity index (χ2v) is 8.52. The molecule has 0 fully saturated rings. The minimum atomic E-state index is -1.97. The first-order valence-corrected chi connectivity index (χ1v) is 9.75. The van der Waals surface area contributed by atoms with Gasteiger partial charge in [-0.2, -0.15) is 0 Å². The van der Waals surface area contributed by atoms with Gasteiger partial charge in [0.05, 0.1) is 5.56 Å². The molecule has 1 atom stereocenters. The Balaban J connectivity index is 1.97. The third kappa shape index (κ3) is 2.56. The van der Waals surface area contributed by atoms with Crippen molar-refractivity contribution in [1.82, 2.24) is 0 Å². The van der Waals surface area contributed by atoms with E-state index in [9.17, 15) is 19.1 Å². The number of rotatable bonds is 2. The number of anilines is 1. The summed E-state index contributed by atoms with van der Waals surface area (Å²) in [7, 11) is 0. The third-order valence-electron chi connectivity index (χ3n) is 4.75. The Kier molecular flexibility index (Phi) is 4.45. The number of ketones is 1. The van der Waals surface area contributed by atoms with Gasteiger partial charge in [-0.1, -0.05) is 53.5 Å². The van der Waals surface area contributed by atoms with Crippen LogP contribution in [0.3, 0.4) is 0 Å². The standard InChI is InChI=1S/C20H12Cl2FNO3S/c1-9-12(23)8-7-11(15(9)25)13-14-16(26)20(22,10-5-3-2-4-6-10)19(27)24-18(14)28-17(13)21/h2-8,25H,1H3,(H,24,27). The molecule has 8 heteroatoms. The van der Waals surface area contributed by atoms with E-state index in [1.165, 1.54) is 19.1 Å². The number of alkyl halides is 1. The fourth-order valence-corrected chi connectivity index (χ4v) is 4.85. The van der Waals surface area contributed by atoms with Gasteiger partial charge in [-0.15, -0.1) is 11.3 Å². The van der Waals surface area contributed by atoms with Crippen molar-refractivity contribution >= 4 is 51.2 Å². The van der Waals surface area contributed by atoms with Crippen LogP contribution in [-0.2, 0) is 9.67 Å².